The summed E-state index contributed by atoms with van der Waals surface area (Å²) in [4.78, 5) is 26.5. The fraction of sp³-hybridized carbons (Fsp3) is 0.250. The lowest BCUT2D eigenvalue weighted by Crippen LogP contribution is -2.29. The Kier molecular flexibility index (Phi) is 5.62. The van der Waals surface area contributed by atoms with Gasteiger partial charge in [0.1, 0.15) is 11.5 Å². The minimum Gasteiger partial charge on any atom is -0.496 e. The molecule has 6 nitrogen and oxygen atoms in total. The van der Waals surface area contributed by atoms with E-state index in [1.54, 1.807) is 33.3 Å². The molecule has 2 aliphatic rings. The number of nitrogens with one attached hydrogen (secondary N) is 1. The van der Waals surface area contributed by atoms with E-state index in [9.17, 15) is 9.59 Å². The Bertz CT molecular complexity index is 1160. The van der Waals surface area contributed by atoms with Gasteiger partial charge in [-0.25, -0.2) is 4.79 Å². The summed E-state index contributed by atoms with van der Waals surface area (Å²) in [7, 11) is 3.12. The van der Waals surface area contributed by atoms with Gasteiger partial charge in [0, 0.05) is 34.0 Å². The van der Waals surface area contributed by atoms with Crippen molar-refractivity contribution in [2.45, 2.75) is 19.8 Å². The van der Waals surface area contributed by atoms with E-state index in [1.165, 1.54) is 0 Å². The molecule has 0 radical (unpaired) electrons. The molecule has 0 aromatic heterocycles. The van der Waals surface area contributed by atoms with Crippen LogP contribution in [0.5, 0.6) is 11.5 Å². The molecule has 2 aromatic carbocycles. The van der Waals surface area contributed by atoms with Crippen LogP contribution in [-0.2, 0) is 9.53 Å². The van der Waals surface area contributed by atoms with Crippen molar-refractivity contribution in [3.8, 4) is 11.5 Å². The maximum absolute atomic E-state index is 13.5. The number of carbonyl (C=O) groups is 2. The Labute approximate surface area is 189 Å². The van der Waals surface area contributed by atoms with Gasteiger partial charge in [0.05, 0.1) is 42.5 Å². The lowest BCUT2D eigenvalue weighted by molar-refractivity contribution is -0.138. The third-order valence-corrected chi connectivity index (χ3v) is 6.18. The van der Waals surface area contributed by atoms with Crippen molar-refractivity contribution >= 4 is 33.4 Å². The number of ether oxygens (including phenoxy) is 3. The second kappa shape index (κ2) is 8.23. The number of halogens is 1. The van der Waals surface area contributed by atoms with Crippen LogP contribution >= 0.6 is 15.9 Å². The van der Waals surface area contributed by atoms with E-state index >= 15 is 0 Å². The molecule has 0 unspecified atom stereocenters. The molecule has 4 rings (SSSR count). The second-order valence-electron chi connectivity index (χ2n) is 7.21. The number of methoxy groups -OCH3 is 2. The van der Waals surface area contributed by atoms with Gasteiger partial charge in [0.2, 0.25) is 0 Å². The average molecular weight is 484 g/mol. The summed E-state index contributed by atoms with van der Waals surface area (Å²) in [6.07, 6.45) is 0. The summed E-state index contributed by atoms with van der Waals surface area (Å²) < 4.78 is 17.1. The number of Topliss-reactive ketones (excluding diaryl/α,β-unsaturated/α-hetero) is 1. The van der Waals surface area contributed by atoms with Gasteiger partial charge in [-0.05, 0) is 35.8 Å². The van der Waals surface area contributed by atoms with E-state index in [2.05, 4.69) is 21.2 Å². The highest BCUT2D eigenvalue weighted by atomic mass is 79.9. The van der Waals surface area contributed by atoms with Crippen molar-refractivity contribution in [3.05, 3.63) is 74.4 Å². The number of fused-ring (bicyclic) bond motifs is 2. The highest BCUT2D eigenvalue weighted by molar-refractivity contribution is 9.10. The predicted octanol–water partition coefficient (Wildman–Crippen LogP) is 4.60. The summed E-state index contributed by atoms with van der Waals surface area (Å²) in [5, 5.41) is 3.29. The second-order valence-corrected chi connectivity index (χ2v) is 8.06. The number of carbonyl (C=O) groups excluding carboxylic acids is 2. The largest absolute Gasteiger partial charge is 0.496 e. The van der Waals surface area contributed by atoms with Crippen molar-refractivity contribution in [1.82, 2.24) is 5.32 Å². The van der Waals surface area contributed by atoms with Gasteiger partial charge >= 0.3 is 5.97 Å². The molecule has 0 spiro atoms. The fourth-order valence-corrected chi connectivity index (χ4v) is 4.75. The third-order valence-electron chi connectivity index (χ3n) is 5.56. The number of dihydropyridines is 1. The topological polar surface area (TPSA) is 73.9 Å². The van der Waals surface area contributed by atoms with Crippen molar-refractivity contribution in [1.29, 1.82) is 0 Å². The molecular weight excluding hydrogens is 462 g/mol. The van der Waals surface area contributed by atoms with Crippen molar-refractivity contribution in [2.75, 3.05) is 20.8 Å². The van der Waals surface area contributed by atoms with E-state index in [0.29, 0.717) is 49.6 Å². The van der Waals surface area contributed by atoms with E-state index < -0.39 is 11.9 Å². The number of rotatable bonds is 5. The number of hydrogen-bond donors (Lipinski definition) is 1. The third kappa shape index (κ3) is 3.33. The molecule has 1 atom stereocenters. The van der Waals surface area contributed by atoms with Gasteiger partial charge in [-0.2, -0.15) is 0 Å². The van der Waals surface area contributed by atoms with Crippen LogP contribution in [0.15, 0.2) is 57.7 Å². The van der Waals surface area contributed by atoms with Crippen LogP contribution in [0.3, 0.4) is 0 Å². The monoisotopic (exact) mass is 483 g/mol. The van der Waals surface area contributed by atoms with Crippen LogP contribution in [0.4, 0.5) is 0 Å². The lowest BCUT2D eigenvalue weighted by atomic mass is 9.79. The molecule has 31 heavy (non-hydrogen) atoms. The highest BCUT2D eigenvalue weighted by Crippen LogP contribution is 2.50. The molecule has 2 aromatic rings. The van der Waals surface area contributed by atoms with Crippen LogP contribution in [0.2, 0.25) is 0 Å². The maximum Gasteiger partial charge on any atom is 0.336 e. The minimum absolute atomic E-state index is 0.119. The summed E-state index contributed by atoms with van der Waals surface area (Å²) in [5.74, 6) is -0.152. The number of benzene rings is 2. The first kappa shape index (κ1) is 21.2. The number of hydrogen-bond acceptors (Lipinski definition) is 6. The molecule has 0 saturated heterocycles. The molecule has 1 N–H and O–H groups in total. The maximum atomic E-state index is 13.5. The molecular formula is C24H22BrNO5. The molecule has 1 aliphatic carbocycles. The number of ketones is 1. The zero-order chi connectivity index (χ0) is 22.3. The average Bonchev–Trinajstić information content (AvgIpc) is 3.04. The van der Waals surface area contributed by atoms with Crippen LogP contribution in [0.1, 0.15) is 41.3 Å². The van der Waals surface area contributed by atoms with Gasteiger partial charge in [-0.1, -0.05) is 24.3 Å². The standard InChI is InChI=1S/C24H22BrNO5/c1-5-31-24(28)19-12(2)26-22-13-8-6-7-9-14(13)23(27)21(22)20(19)15-10-16(25)18(30-4)11-17(15)29-3/h6-11,20,26H,5H2,1-4H3/t20-/m1/s1. The van der Waals surface area contributed by atoms with Gasteiger partial charge in [0.15, 0.2) is 5.78 Å². The van der Waals surface area contributed by atoms with Crippen LogP contribution in [0, 0.1) is 0 Å². The quantitative estimate of drug-likeness (QED) is 0.626. The smallest absolute Gasteiger partial charge is 0.336 e. The van der Waals surface area contributed by atoms with E-state index in [4.69, 9.17) is 14.2 Å². The van der Waals surface area contributed by atoms with E-state index in [1.807, 2.05) is 31.2 Å². The first-order chi connectivity index (χ1) is 14.9. The predicted molar refractivity (Wildman–Crippen MR) is 120 cm³/mol. The molecule has 7 heteroatoms. The minimum atomic E-state index is -0.660. The van der Waals surface area contributed by atoms with E-state index in [-0.39, 0.29) is 12.4 Å². The van der Waals surface area contributed by atoms with E-state index in [0.717, 1.165) is 5.56 Å². The summed E-state index contributed by atoms with van der Waals surface area (Å²) in [6.45, 7) is 3.80. The van der Waals surface area contributed by atoms with Crippen molar-refractivity contribution in [2.24, 2.45) is 0 Å². The first-order valence-electron chi connectivity index (χ1n) is 9.87. The summed E-state index contributed by atoms with van der Waals surface area (Å²) >= 11 is 3.53. The van der Waals surface area contributed by atoms with Gasteiger partial charge in [0.25, 0.3) is 0 Å². The first-order valence-corrected chi connectivity index (χ1v) is 10.7. The molecule has 160 valence electrons. The van der Waals surface area contributed by atoms with Crippen molar-refractivity contribution < 1.29 is 23.8 Å². The normalized spacial score (nSPS) is 17.2. The van der Waals surface area contributed by atoms with Crippen LogP contribution < -0.4 is 14.8 Å². The molecule has 1 aliphatic heterocycles. The zero-order valence-electron chi connectivity index (χ0n) is 17.7. The Hall–Kier alpha value is -3.06. The molecule has 0 fully saturated rings. The summed E-state index contributed by atoms with van der Waals surface area (Å²) in [5.41, 5.74) is 4.34. The Balaban J connectivity index is 1.99. The fourth-order valence-electron chi connectivity index (χ4n) is 4.23. The SMILES string of the molecule is CCOC(=O)C1=C(C)NC2=C(C(=O)c3ccccc32)[C@@H]1c1cc(Br)c(OC)cc1OC. The molecule has 0 saturated carbocycles. The van der Waals surface area contributed by atoms with Gasteiger partial charge < -0.3 is 19.5 Å². The number of allylic oxidation sites excluding steroid dienone is 2. The van der Waals surface area contributed by atoms with Crippen molar-refractivity contribution in [3.63, 3.8) is 0 Å². The molecule has 1 heterocycles. The number of esters is 1. The Morgan fingerprint density at radius 2 is 1.77 bits per heavy atom. The van der Waals surface area contributed by atoms with Gasteiger partial charge in [-0.3, -0.25) is 4.79 Å². The van der Waals surface area contributed by atoms with Gasteiger partial charge in [-0.15, -0.1) is 0 Å². The highest BCUT2D eigenvalue weighted by Gasteiger charge is 2.44. The lowest BCUT2D eigenvalue weighted by Gasteiger charge is -2.30. The molecule has 0 bridgehead atoms. The van der Waals surface area contributed by atoms with Crippen LogP contribution in [-0.4, -0.2) is 32.6 Å². The Morgan fingerprint density at radius 3 is 2.42 bits per heavy atom. The zero-order valence-corrected chi connectivity index (χ0v) is 19.3. The Morgan fingerprint density at radius 1 is 1.10 bits per heavy atom. The van der Waals surface area contributed by atoms with Crippen LogP contribution in [0.25, 0.3) is 5.70 Å². The summed E-state index contributed by atoms with van der Waals surface area (Å²) in [6, 6.07) is 11.0. The molecule has 0 amide bonds.